The summed E-state index contributed by atoms with van der Waals surface area (Å²) in [5.74, 6) is -0.846. The summed E-state index contributed by atoms with van der Waals surface area (Å²) >= 11 is 0. The molecule has 19 heavy (non-hydrogen) atoms. The van der Waals surface area contributed by atoms with Gasteiger partial charge in [-0.25, -0.2) is 4.79 Å². The number of carbonyl (C=O) groups is 2. The molecule has 0 fully saturated rings. The fourth-order valence-corrected chi connectivity index (χ4v) is 1.75. The lowest BCUT2D eigenvalue weighted by atomic mass is 9.97. The van der Waals surface area contributed by atoms with E-state index in [2.05, 4.69) is 0 Å². The van der Waals surface area contributed by atoms with Crippen molar-refractivity contribution < 1.29 is 19.4 Å². The van der Waals surface area contributed by atoms with Crippen LogP contribution >= 0.6 is 0 Å². The smallest absolute Gasteiger partial charge is 0.335 e. The average Bonchev–Trinajstić information content (AvgIpc) is 2.39. The SMILES string of the molecule is CCCC(=O)OCCC(C)c1ccc(C(=O)O)cc1. The summed E-state index contributed by atoms with van der Waals surface area (Å²) in [5, 5.41) is 8.81. The Kier molecular flexibility index (Phi) is 6.06. The molecule has 0 bridgehead atoms. The van der Waals surface area contributed by atoms with Crippen molar-refractivity contribution in [1.29, 1.82) is 0 Å². The molecule has 0 aliphatic carbocycles. The van der Waals surface area contributed by atoms with Crippen LogP contribution in [0.5, 0.6) is 0 Å². The molecule has 1 atom stereocenters. The zero-order valence-electron chi connectivity index (χ0n) is 11.4. The second-order valence-corrected chi connectivity index (χ2v) is 4.59. The monoisotopic (exact) mass is 264 g/mol. The number of ether oxygens (including phenoxy) is 1. The Hall–Kier alpha value is -1.84. The highest BCUT2D eigenvalue weighted by atomic mass is 16.5. The Labute approximate surface area is 113 Å². The van der Waals surface area contributed by atoms with Crippen LogP contribution in [0.3, 0.4) is 0 Å². The van der Waals surface area contributed by atoms with Crippen molar-refractivity contribution >= 4 is 11.9 Å². The molecule has 1 rings (SSSR count). The topological polar surface area (TPSA) is 63.6 Å². The van der Waals surface area contributed by atoms with Gasteiger partial charge in [0, 0.05) is 6.42 Å². The highest BCUT2D eigenvalue weighted by molar-refractivity contribution is 5.87. The van der Waals surface area contributed by atoms with Gasteiger partial charge in [-0.1, -0.05) is 26.0 Å². The van der Waals surface area contributed by atoms with Crippen molar-refractivity contribution in [3.8, 4) is 0 Å². The first-order valence-corrected chi connectivity index (χ1v) is 6.53. The molecular formula is C15H20O4. The molecule has 0 aromatic heterocycles. The van der Waals surface area contributed by atoms with E-state index in [-0.39, 0.29) is 17.5 Å². The molecule has 0 radical (unpaired) electrons. The first-order valence-electron chi connectivity index (χ1n) is 6.53. The Morgan fingerprint density at radius 3 is 2.42 bits per heavy atom. The van der Waals surface area contributed by atoms with Crippen LogP contribution in [-0.2, 0) is 9.53 Å². The third-order valence-electron chi connectivity index (χ3n) is 2.99. The van der Waals surface area contributed by atoms with E-state index in [1.807, 2.05) is 26.0 Å². The van der Waals surface area contributed by atoms with Gasteiger partial charge in [-0.2, -0.15) is 0 Å². The molecule has 4 heteroatoms. The summed E-state index contributed by atoms with van der Waals surface area (Å²) in [4.78, 5) is 21.9. The van der Waals surface area contributed by atoms with Crippen LogP contribution in [0.15, 0.2) is 24.3 Å². The predicted octanol–water partition coefficient (Wildman–Crippen LogP) is 3.22. The molecule has 0 aliphatic rings. The molecule has 1 aromatic rings. The van der Waals surface area contributed by atoms with Gasteiger partial charge >= 0.3 is 11.9 Å². The summed E-state index contributed by atoms with van der Waals surface area (Å²) in [6, 6.07) is 6.80. The summed E-state index contributed by atoms with van der Waals surface area (Å²) in [6.07, 6.45) is 1.99. The van der Waals surface area contributed by atoms with Crippen LogP contribution < -0.4 is 0 Å². The summed E-state index contributed by atoms with van der Waals surface area (Å²) in [5.41, 5.74) is 1.34. The van der Waals surface area contributed by atoms with E-state index in [0.29, 0.717) is 13.0 Å². The largest absolute Gasteiger partial charge is 0.478 e. The first-order chi connectivity index (χ1) is 9.04. The third-order valence-corrected chi connectivity index (χ3v) is 2.99. The van der Waals surface area contributed by atoms with E-state index >= 15 is 0 Å². The Balaban J connectivity index is 2.43. The maximum absolute atomic E-state index is 11.2. The van der Waals surface area contributed by atoms with Crippen LogP contribution in [0.2, 0.25) is 0 Å². The molecule has 1 unspecified atom stereocenters. The molecule has 4 nitrogen and oxygen atoms in total. The Morgan fingerprint density at radius 2 is 1.89 bits per heavy atom. The average molecular weight is 264 g/mol. The van der Waals surface area contributed by atoms with Gasteiger partial charge < -0.3 is 9.84 Å². The summed E-state index contributed by atoms with van der Waals surface area (Å²) < 4.78 is 5.10. The minimum atomic E-state index is -0.923. The number of carbonyl (C=O) groups excluding carboxylic acids is 1. The molecule has 104 valence electrons. The minimum absolute atomic E-state index is 0.157. The molecule has 1 aromatic carbocycles. The van der Waals surface area contributed by atoms with E-state index in [9.17, 15) is 9.59 Å². The van der Waals surface area contributed by atoms with Gasteiger partial charge in [0.1, 0.15) is 0 Å². The van der Waals surface area contributed by atoms with Gasteiger partial charge in [0.05, 0.1) is 12.2 Å². The van der Waals surface area contributed by atoms with Crippen molar-refractivity contribution in [3.63, 3.8) is 0 Å². The predicted molar refractivity (Wildman–Crippen MR) is 72.3 cm³/mol. The standard InChI is InChI=1S/C15H20O4/c1-3-4-14(16)19-10-9-11(2)12-5-7-13(8-6-12)15(17)18/h5-8,11H,3-4,9-10H2,1-2H3,(H,17,18). The van der Waals surface area contributed by atoms with Gasteiger partial charge in [-0.15, -0.1) is 0 Å². The Bertz CT molecular complexity index is 422. The van der Waals surface area contributed by atoms with E-state index in [0.717, 1.165) is 18.4 Å². The first kappa shape index (κ1) is 15.2. The van der Waals surface area contributed by atoms with Gasteiger partial charge in [-0.05, 0) is 36.5 Å². The zero-order valence-corrected chi connectivity index (χ0v) is 11.4. The van der Waals surface area contributed by atoms with Crippen LogP contribution in [0.4, 0.5) is 0 Å². The molecule has 0 saturated carbocycles. The van der Waals surface area contributed by atoms with Crippen molar-refractivity contribution in [2.75, 3.05) is 6.61 Å². The van der Waals surface area contributed by atoms with Crippen molar-refractivity contribution in [2.45, 2.75) is 39.0 Å². The van der Waals surface area contributed by atoms with Crippen LogP contribution in [0.25, 0.3) is 0 Å². The van der Waals surface area contributed by atoms with Gasteiger partial charge in [0.15, 0.2) is 0 Å². The van der Waals surface area contributed by atoms with E-state index in [4.69, 9.17) is 9.84 Å². The van der Waals surface area contributed by atoms with E-state index in [1.165, 1.54) is 0 Å². The molecule has 0 amide bonds. The van der Waals surface area contributed by atoms with Gasteiger partial charge in [0.25, 0.3) is 0 Å². The molecule has 0 saturated heterocycles. The minimum Gasteiger partial charge on any atom is -0.478 e. The fraction of sp³-hybridized carbons (Fsp3) is 0.467. The summed E-state index contributed by atoms with van der Waals surface area (Å²) in [6.45, 7) is 4.37. The molecule has 0 spiro atoms. The molecule has 1 N–H and O–H groups in total. The van der Waals surface area contributed by atoms with Crippen LogP contribution in [-0.4, -0.2) is 23.7 Å². The molecule has 0 heterocycles. The van der Waals surface area contributed by atoms with E-state index in [1.54, 1.807) is 12.1 Å². The van der Waals surface area contributed by atoms with Crippen molar-refractivity contribution in [3.05, 3.63) is 35.4 Å². The Morgan fingerprint density at radius 1 is 1.26 bits per heavy atom. The second-order valence-electron chi connectivity index (χ2n) is 4.59. The quantitative estimate of drug-likeness (QED) is 0.768. The van der Waals surface area contributed by atoms with E-state index < -0.39 is 5.97 Å². The second kappa shape index (κ2) is 7.56. The molecule has 0 aliphatic heterocycles. The third kappa shape index (κ3) is 5.12. The number of carboxylic acid groups (broad SMARTS) is 1. The van der Waals surface area contributed by atoms with Crippen LogP contribution in [0.1, 0.15) is 54.9 Å². The molecular weight excluding hydrogens is 244 g/mol. The number of hydrogen-bond donors (Lipinski definition) is 1. The fourth-order valence-electron chi connectivity index (χ4n) is 1.75. The lowest BCUT2D eigenvalue weighted by Gasteiger charge is -2.12. The maximum atomic E-state index is 11.2. The lowest BCUT2D eigenvalue weighted by molar-refractivity contribution is -0.143. The van der Waals surface area contributed by atoms with Gasteiger partial charge in [0.2, 0.25) is 0 Å². The lowest BCUT2D eigenvalue weighted by Crippen LogP contribution is -2.07. The number of carboxylic acids is 1. The number of hydrogen-bond acceptors (Lipinski definition) is 3. The summed E-state index contributed by atoms with van der Waals surface area (Å²) in [7, 11) is 0. The number of aromatic carboxylic acids is 1. The van der Waals surface area contributed by atoms with Crippen molar-refractivity contribution in [1.82, 2.24) is 0 Å². The van der Waals surface area contributed by atoms with Gasteiger partial charge in [-0.3, -0.25) is 4.79 Å². The normalized spacial score (nSPS) is 11.9. The van der Waals surface area contributed by atoms with Crippen LogP contribution in [0, 0.1) is 0 Å². The highest BCUT2D eigenvalue weighted by Crippen LogP contribution is 2.19. The number of esters is 1. The highest BCUT2D eigenvalue weighted by Gasteiger charge is 2.09. The zero-order chi connectivity index (χ0) is 14.3. The number of benzene rings is 1. The van der Waals surface area contributed by atoms with Crippen molar-refractivity contribution in [2.24, 2.45) is 0 Å². The number of rotatable bonds is 7. The maximum Gasteiger partial charge on any atom is 0.335 e.